The number of ether oxygens (including phenoxy) is 1. The summed E-state index contributed by atoms with van der Waals surface area (Å²) in [6.45, 7) is 2.61. The van der Waals surface area contributed by atoms with Gasteiger partial charge in [0.1, 0.15) is 5.92 Å². The molecule has 1 aliphatic rings. The number of nitrogens with zero attached hydrogens (tertiary/aromatic N) is 1. The second-order valence-corrected chi connectivity index (χ2v) is 5.21. The fourth-order valence-corrected chi connectivity index (χ4v) is 2.70. The molecule has 1 fully saturated rings. The highest BCUT2D eigenvalue weighted by Gasteiger charge is 2.29. The fraction of sp³-hybridized carbons (Fsp3) is 0.857. The van der Waals surface area contributed by atoms with Crippen LogP contribution in [-0.2, 0) is 14.3 Å². The highest BCUT2D eigenvalue weighted by molar-refractivity contribution is 5.97. The summed E-state index contributed by atoms with van der Waals surface area (Å²) in [5, 5.41) is 0. The van der Waals surface area contributed by atoms with E-state index in [1.54, 1.807) is 11.9 Å². The third-order valence-corrected chi connectivity index (χ3v) is 3.83. The van der Waals surface area contributed by atoms with Gasteiger partial charge < -0.3 is 9.64 Å². The van der Waals surface area contributed by atoms with Gasteiger partial charge >= 0.3 is 5.97 Å². The molecule has 0 aromatic carbocycles. The maximum atomic E-state index is 12.2. The molecule has 1 saturated carbocycles. The molecule has 18 heavy (non-hydrogen) atoms. The summed E-state index contributed by atoms with van der Waals surface area (Å²) in [5.74, 6) is -0.556. The Labute approximate surface area is 110 Å². The smallest absolute Gasteiger partial charge is 0.318 e. The zero-order valence-corrected chi connectivity index (χ0v) is 11.8. The van der Waals surface area contributed by atoms with Gasteiger partial charge in [0, 0.05) is 13.6 Å². The van der Waals surface area contributed by atoms with Crippen molar-refractivity contribution in [3.63, 3.8) is 0 Å². The van der Waals surface area contributed by atoms with Gasteiger partial charge in [-0.2, -0.15) is 0 Å². The molecule has 0 bridgehead atoms. The van der Waals surface area contributed by atoms with E-state index >= 15 is 0 Å². The lowest BCUT2D eigenvalue weighted by Crippen LogP contribution is -2.40. The second-order valence-electron chi connectivity index (χ2n) is 5.21. The largest absolute Gasteiger partial charge is 0.468 e. The second kappa shape index (κ2) is 7.39. The van der Waals surface area contributed by atoms with Crippen LogP contribution in [0.15, 0.2) is 0 Å². The van der Waals surface area contributed by atoms with E-state index in [0.29, 0.717) is 12.3 Å². The first-order valence-corrected chi connectivity index (χ1v) is 6.93. The maximum absolute atomic E-state index is 12.2. The molecule has 0 heterocycles. The Morgan fingerprint density at radius 2 is 1.89 bits per heavy atom. The minimum absolute atomic E-state index is 0.102. The number of amides is 1. The lowest BCUT2D eigenvalue weighted by Gasteiger charge is -2.28. The van der Waals surface area contributed by atoms with Crippen molar-refractivity contribution < 1.29 is 14.3 Å². The Morgan fingerprint density at radius 1 is 1.28 bits per heavy atom. The van der Waals surface area contributed by atoms with E-state index in [1.807, 2.05) is 6.92 Å². The first-order chi connectivity index (χ1) is 8.60. The SMILES string of the molecule is CCC(C(=O)OC)C(=O)N(C)CC1CCCCC1. The van der Waals surface area contributed by atoms with Gasteiger partial charge in [-0.15, -0.1) is 0 Å². The molecular formula is C14H25NO3. The van der Waals surface area contributed by atoms with Crippen molar-refractivity contribution in [1.82, 2.24) is 4.90 Å². The molecule has 0 aromatic heterocycles. The molecule has 0 N–H and O–H groups in total. The van der Waals surface area contributed by atoms with Crippen LogP contribution in [0.3, 0.4) is 0 Å². The van der Waals surface area contributed by atoms with E-state index in [1.165, 1.54) is 39.2 Å². The summed E-state index contributed by atoms with van der Waals surface area (Å²) >= 11 is 0. The first-order valence-electron chi connectivity index (χ1n) is 6.93. The van der Waals surface area contributed by atoms with E-state index < -0.39 is 11.9 Å². The van der Waals surface area contributed by atoms with E-state index in [4.69, 9.17) is 0 Å². The molecule has 1 rings (SSSR count). The predicted molar refractivity (Wildman–Crippen MR) is 70.0 cm³/mol. The van der Waals surface area contributed by atoms with E-state index in [9.17, 15) is 9.59 Å². The summed E-state index contributed by atoms with van der Waals surface area (Å²) < 4.78 is 4.68. The first kappa shape index (κ1) is 15.0. The molecule has 0 aliphatic heterocycles. The molecule has 0 aromatic rings. The number of rotatable bonds is 5. The molecule has 1 unspecified atom stereocenters. The van der Waals surface area contributed by atoms with Crippen LogP contribution in [-0.4, -0.2) is 37.5 Å². The van der Waals surface area contributed by atoms with Crippen molar-refractivity contribution in [2.75, 3.05) is 20.7 Å². The normalized spacial score (nSPS) is 18.2. The molecule has 0 saturated heterocycles. The van der Waals surface area contributed by atoms with Crippen LogP contribution in [0.25, 0.3) is 0 Å². The van der Waals surface area contributed by atoms with Gasteiger partial charge in [0.25, 0.3) is 0 Å². The van der Waals surface area contributed by atoms with Crippen LogP contribution in [0.2, 0.25) is 0 Å². The van der Waals surface area contributed by atoms with E-state index in [0.717, 1.165) is 6.54 Å². The average molecular weight is 255 g/mol. The van der Waals surface area contributed by atoms with Crippen molar-refractivity contribution in [2.24, 2.45) is 11.8 Å². The quantitative estimate of drug-likeness (QED) is 0.559. The Hall–Kier alpha value is -1.06. The molecule has 104 valence electrons. The summed E-state index contributed by atoms with van der Waals surface area (Å²) in [4.78, 5) is 25.4. The molecule has 1 aliphatic carbocycles. The number of methoxy groups -OCH3 is 1. The van der Waals surface area contributed by atoms with Crippen LogP contribution in [0.4, 0.5) is 0 Å². The van der Waals surface area contributed by atoms with Crippen molar-refractivity contribution in [3.8, 4) is 0 Å². The van der Waals surface area contributed by atoms with Gasteiger partial charge in [-0.25, -0.2) is 0 Å². The fourth-order valence-electron chi connectivity index (χ4n) is 2.70. The number of carbonyl (C=O) groups excluding carboxylic acids is 2. The van der Waals surface area contributed by atoms with Crippen molar-refractivity contribution in [2.45, 2.75) is 45.4 Å². The molecule has 1 amide bonds. The molecule has 0 radical (unpaired) electrons. The van der Waals surface area contributed by atoms with Crippen LogP contribution >= 0.6 is 0 Å². The number of esters is 1. The van der Waals surface area contributed by atoms with Gasteiger partial charge in [-0.05, 0) is 25.2 Å². The molecule has 4 heteroatoms. The molecule has 4 nitrogen and oxygen atoms in total. The predicted octanol–water partition coefficient (Wildman–Crippen LogP) is 2.22. The monoisotopic (exact) mass is 255 g/mol. The van der Waals surface area contributed by atoms with Crippen LogP contribution in [0, 0.1) is 11.8 Å². The van der Waals surface area contributed by atoms with Gasteiger partial charge in [0.15, 0.2) is 0 Å². The Balaban J connectivity index is 2.50. The van der Waals surface area contributed by atoms with Gasteiger partial charge in [-0.1, -0.05) is 26.2 Å². The summed E-state index contributed by atoms with van der Waals surface area (Å²) in [6, 6.07) is 0. The van der Waals surface area contributed by atoms with E-state index in [-0.39, 0.29) is 5.91 Å². The van der Waals surface area contributed by atoms with Crippen molar-refractivity contribution in [3.05, 3.63) is 0 Å². The summed E-state index contributed by atoms with van der Waals surface area (Å²) in [6.07, 6.45) is 6.75. The molecule has 0 spiro atoms. The zero-order chi connectivity index (χ0) is 13.5. The minimum atomic E-state index is -0.636. The van der Waals surface area contributed by atoms with Gasteiger partial charge in [-0.3, -0.25) is 9.59 Å². The van der Waals surface area contributed by atoms with Gasteiger partial charge in [0.05, 0.1) is 7.11 Å². The van der Waals surface area contributed by atoms with Crippen LogP contribution in [0.1, 0.15) is 45.4 Å². The van der Waals surface area contributed by atoms with Crippen molar-refractivity contribution >= 4 is 11.9 Å². The topological polar surface area (TPSA) is 46.6 Å². The number of hydrogen-bond acceptors (Lipinski definition) is 3. The van der Waals surface area contributed by atoms with Gasteiger partial charge in [0.2, 0.25) is 5.91 Å². The number of carbonyl (C=O) groups is 2. The molecule has 1 atom stereocenters. The Kier molecular flexibility index (Phi) is 6.16. The highest BCUT2D eigenvalue weighted by atomic mass is 16.5. The maximum Gasteiger partial charge on any atom is 0.318 e. The Bertz CT molecular complexity index is 285. The number of hydrogen-bond donors (Lipinski definition) is 0. The van der Waals surface area contributed by atoms with Crippen LogP contribution < -0.4 is 0 Å². The molecular weight excluding hydrogens is 230 g/mol. The lowest BCUT2D eigenvalue weighted by atomic mass is 9.89. The summed E-state index contributed by atoms with van der Waals surface area (Å²) in [7, 11) is 3.13. The summed E-state index contributed by atoms with van der Waals surface area (Å²) in [5.41, 5.74) is 0. The minimum Gasteiger partial charge on any atom is -0.468 e. The zero-order valence-electron chi connectivity index (χ0n) is 11.8. The lowest BCUT2D eigenvalue weighted by molar-refractivity contribution is -0.153. The third-order valence-electron chi connectivity index (χ3n) is 3.83. The van der Waals surface area contributed by atoms with Crippen molar-refractivity contribution in [1.29, 1.82) is 0 Å². The Morgan fingerprint density at radius 3 is 2.39 bits per heavy atom. The highest BCUT2D eigenvalue weighted by Crippen LogP contribution is 2.24. The standard InChI is InChI=1S/C14H25NO3/c1-4-12(14(17)18-3)13(16)15(2)10-11-8-6-5-7-9-11/h11-12H,4-10H2,1-3H3. The van der Waals surface area contributed by atoms with E-state index in [2.05, 4.69) is 4.74 Å². The third kappa shape index (κ3) is 4.00. The van der Waals surface area contributed by atoms with Crippen LogP contribution in [0.5, 0.6) is 0 Å². The average Bonchev–Trinajstić information content (AvgIpc) is 2.40.